The van der Waals surface area contributed by atoms with Crippen LogP contribution in [0.15, 0.2) is 30.5 Å². The van der Waals surface area contributed by atoms with Gasteiger partial charge in [-0.25, -0.2) is 18.6 Å². The van der Waals surface area contributed by atoms with Crippen molar-refractivity contribution < 1.29 is 13.6 Å². The summed E-state index contributed by atoms with van der Waals surface area (Å²) in [5.74, 6) is -0.865. The van der Waals surface area contributed by atoms with Crippen LogP contribution in [-0.2, 0) is 0 Å². The maximum absolute atomic E-state index is 14.5. The van der Waals surface area contributed by atoms with Crippen molar-refractivity contribution in [3.8, 4) is 0 Å². The number of carbonyl (C=O) groups excluding carboxylic acids is 1. The van der Waals surface area contributed by atoms with Gasteiger partial charge in [0.05, 0.1) is 17.9 Å². The van der Waals surface area contributed by atoms with Crippen molar-refractivity contribution in [3.63, 3.8) is 0 Å². The summed E-state index contributed by atoms with van der Waals surface area (Å²) >= 11 is 0. The van der Waals surface area contributed by atoms with Crippen molar-refractivity contribution in [3.05, 3.63) is 53.2 Å². The smallest absolute Gasteiger partial charge is 0.320 e. The van der Waals surface area contributed by atoms with Crippen molar-refractivity contribution in [2.45, 2.75) is 38.6 Å². The van der Waals surface area contributed by atoms with Crippen molar-refractivity contribution in [2.24, 2.45) is 11.7 Å². The lowest BCUT2D eigenvalue weighted by Gasteiger charge is -2.25. The third kappa shape index (κ3) is 2.64. The molecule has 2 N–H and O–H groups in total. The molecule has 5 nitrogen and oxygen atoms in total. The van der Waals surface area contributed by atoms with Crippen LogP contribution in [-0.4, -0.2) is 30.1 Å². The summed E-state index contributed by atoms with van der Waals surface area (Å²) < 4.78 is 28.7. The van der Waals surface area contributed by atoms with Gasteiger partial charge >= 0.3 is 6.03 Å². The Balaban J connectivity index is 1.67. The number of hydrogen-bond acceptors (Lipinski definition) is 3. The van der Waals surface area contributed by atoms with Gasteiger partial charge in [-0.15, -0.1) is 0 Å². The number of pyridine rings is 1. The van der Waals surface area contributed by atoms with Gasteiger partial charge in [-0.1, -0.05) is 6.92 Å². The van der Waals surface area contributed by atoms with Crippen LogP contribution in [0.3, 0.4) is 0 Å². The molecule has 1 aromatic carbocycles. The van der Waals surface area contributed by atoms with E-state index >= 15 is 0 Å². The van der Waals surface area contributed by atoms with E-state index in [4.69, 9.17) is 5.73 Å². The molecule has 1 heterocycles. The fraction of sp³-hybridized carbons (Fsp3) is 0.429. The van der Waals surface area contributed by atoms with Gasteiger partial charge in [0.15, 0.2) is 0 Å². The summed E-state index contributed by atoms with van der Waals surface area (Å²) in [7, 11) is 0. The molecule has 2 amide bonds. The topological polar surface area (TPSA) is 62.5 Å². The molecule has 1 aromatic heterocycles. The normalized spacial score (nSPS) is 24.5. The first-order chi connectivity index (χ1) is 13.4. The van der Waals surface area contributed by atoms with Gasteiger partial charge in [-0.3, -0.25) is 4.90 Å². The Hall–Kier alpha value is -2.70. The molecule has 2 aromatic rings. The molecule has 0 bridgehead atoms. The van der Waals surface area contributed by atoms with Crippen molar-refractivity contribution >= 4 is 17.5 Å². The van der Waals surface area contributed by atoms with Crippen LogP contribution < -0.4 is 15.5 Å². The van der Waals surface area contributed by atoms with Crippen LogP contribution in [0.4, 0.5) is 25.1 Å². The highest BCUT2D eigenvalue weighted by Crippen LogP contribution is 2.65. The lowest BCUT2D eigenvalue weighted by molar-refractivity contribution is 0.253. The lowest BCUT2D eigenvalue weighted by atomic mass is 9.95. The molecule has 1 fully saturated rings. The maximum atomic E-state index is 14.5. The van der Waals surface area contributed by atoms with Crippen molar-refractivity contribution in [1.82, 2.24) is 4.98 Å². The maximum Gasteiger partial charge on any atom is 0.320 e. The number of carbonyl (C=O) groups is 1. The molecule has 0 saturated heterocycles. The number of halogens is 2. The zero-order valence-corrected chi connectivity index (χ0v) is 16.2. The SMILES string of the molecule is CCN(CC)c1ccc(N(C(N)=O)C2[C@H]3C(C)c4c(F)ccc(F)c4[C@@H]23)nc1. The predicted octanol–water partition coefficient (Wildman–Crippen LogP) is 3.99. The second kappa shape index (κ2) is 6.72. The Bertz CT molecular complexity index is 913. The molecule has 4 atom stereocenters. The zero-order chi connectivity index (χ0) is 20.2. The third-order valence-electron chi connectivity index (χ3n) is 6.23. The highest BCUT2D eigenvalue weighted by atomic mass is 19.1. The minimum Gasteiger partial charge on any atom is -0.371 e. The Morgan fingerprint density at radius 1 is 1.11 bits per heavy atom. The average molecular weight is 386 g/mol. The summed E-state index contributed by atoms with van der Waals surface area (Å²) in [4.78, 5) is 20.3. The fourth-order valence-electron chi connectivity index (χ4n) is 4.91. The van der Waals surface area contributed by atoms with Gasteiger partial charge < -0.3 is 10.6 Å². The first-order valence-electron chi connectivity index (χ1n) is 9.68. The fourth-order valence-corrected chi connectivity index (χ4v) is 4.91. The van der Waals surface area contributed by atoms with Crippen LogP contribution in [0.25, 0.3) is 0 Å². The van der Waals surface area contributed by atoms with E-state index in [9.17, 15) is 13.6 Å². The second-order valence-corrected chi connectivity index (χ2v) is 7.49. The van der Waals surface area contributed by atoms with Gasteiger partial charge in [0.2, 0.25) is 0 Å². The van der Waals surface area contributed by atoms with Gasteiger partial charge in [0.25, 0.3) is 0 Å². The second-order valence-electron chi connectivity index (χ2n) is 7.49. The van der Waals surface area contributed by atoms with E-state index in [1.54, 1.807) is 12.3 Å². The molecule has 2 aliphatic carbocycles. The summed E-state index contributed by atoms with van der Waals surface area (Å²) in [6.07, 6.45) is 1.72. The molecular weight excluding hydrogens is 362 g/mol. The van der Waals surface area contributed by atoms with Crippen LogP contribution in [0.5, 0.6) is 0 Å². The molecule has 4 rings (SSSR count). The largest absolute Gasteiger partial charge is 0.371 e. The van der Waals surface area contributed by atoms with Gasteiger partial charge in [-0.2, -0.15) is 0 Å². The standard InChI is InChI=1S/C21H24F2N4O/c1-4-26(5-2)12-6-9-15(25-10-12)27(21(24)28)20-17-11(3)16-13(22)7-8-14(23)18(16)19(17)20/h6-11,17,19-20H,4-5H2,1-3H3,(H2,24,28)/t11?,17-,19-,20?/m0/s1. The molecule has 28 heavy (non-hydrogen) atoms. The Morgan fingerprint density at radius 3 is 2.29 bits per heavy atom. The van der Waals surface area contributed by atoms with Gasteiger partial charge in [0.1, 0.15) is 17.5 Å². The van der Waals surface area contributed by atoms with Gasteiger partial charge in [-0.05, 0) is 61.1 Å². The van der Waals surface area contributed by atoms with Crippen LogP contribution in [0, 0.1) is 17.6 Å². The molecule has 0 aliphatic heterocycles. The lowest BCUT2D eigenvalue weighted by Crippen LogP contribution is -2.40. The summed E-state index contributed by atoms with van der Waals surface area (Å²) in [6.45, 7) is 7.70. The molecule has 2 aliphatic rings. The number of fused-ring (bicyclic) bond motifs is 3. The van der Waals surface area contributed by atoms with E-state index < -0.39 is 11.8 Å². The average Bonchev–Trinajstić information content (AvgIpc) is 3.29. The zero-order valence-electron chi connectivity index (χ0n) is 16.2. The number of urea groups is 1. The van der Waals surface area contributed by atoms with Crippen LogP contribution in [0.2, 0.25) is 0 Å². The van der Waals surface area contributed by atoms with Crippen molar-refractivity contribution in [2.75, 3.05) is 22.9 Å². The van der Waals surface area contributed by atoms with E-state index in [-0.39, 0.29) is 29.6 Å². The van der Waals surface area contributed by atoms with E-state index in [0.717, 1.165) is 24.8 Å². The molecule has 148 valence electrons. The number of nitrogens with zero attached hydrogens (tertiary/aromatic N) is 3. The highest BCUT2D eigenvalue weighted by molar-refractivity contribution is 5.92. The number of nitrogens with two attached hydrogens (primary N) is 1. The number of aromatic nitrogens is 1. The number of hydrogen-bond donors (Lipinski definition) is 1. The third-order valence-corrected chi connectivity index (χ3v) is 6.23. The Morgan fingerprint density at radius 2 is 1.75 bits per heavy atom. The minimum atomic E-state index is -0.631. The quantitative estimate of drug-likeness (QED) is 0.845. The molecule has 7 heteroatoms. The van der Waals surface area contributed by atoms with Crippen LogP contribution in [0.1, 0.15) is 43.7 Å². The first kappa shape index (κ1) is 18.7. The number of benzene rings is 1. The number of amides is 2. The highest BCUT2D eigenvalue weighted by Gasteiger charge is 2.64. The molecule has 1 saturated carbocycles. The monoisotopic (exact) mass is 386 g/mol. The molecule has 0 spiro atoms. The summed E-state index contributed by atoms with van der Waals surface area (Å²) in [5.41, 5.74) is 7.44. The van der Waals surface area contributed by atoms with Gasteiger partial charge in [0, 0.05) is 19.0 Å². The van der Waals surface area contributed by atoms with E-state index in [0.29, 0.717) is 16.9 Å². The summed E-state index contributed by atoms with van der Waals surface area (Å²) in [5, 5.41) is 0. The molecule has 0 radical (unpaired) electrons. The number of rotatable bonds is 5. The Kier molecular flexibility index (Phi) is 4.48. The molecular formula is C21H24F2N4O. The Labute approximate surface area is 163 Å². The van der Waals surface area contributed by atoms with E-state index in [1.807, 2.05) is 13.0 Å². The predicted molar refractivity (Wildman–Crippen MR) is 105 cm³/mol. The minimum absolute atomic E-state index is 0.0573. The van der Waals surface area contributed by atoms with Crippen molar-refractivity contribution in [1.29, 1.82) is 0 Å². The van der Waals surface area contributed by atoms with Crippen LogP contribution >= 0.6 is 0 Å². The summed E-state index contributed by atoms with van der Waals surface area (Å²) in [6, 6.07) is 5.06. The van der Waals surface area contributed by atoms with E-state index in [1.165, 1.54) is 11.0 Å². The van der Waals surface area contributed by atoms with E-state index in [2.05, 4.69) is 23.7 Å². The first-order valence-corrected chi connectivity index (χ1v) is 9.68. The number of anilines is 2. The molecule has 2 unspecified atom stereocenters. The number of primary amides is 1.